The molecule has 2 aromatic rings. The molecule has 0 aliphatic rings. The highest BCUT2D eigenvalue weighted by Gasteiger charge is 1.98. The maximum absolute atomic E-state index is 4.28. The van der Waals surface area contributed by atoms with Gasteiger partial charge in [0.2, 0.25) is 0 Å². The predicted molar refractivity (Wildman–Crippen MR) is 78.9 cm³/mol. The van der Waals surface area contributed by atoms with Gasteiger partial charge in [0, 0.05) is 6.54 Å². The van der Waals surface area contributed by atoms with Crippen molar-refractivity contribution >= 4 is 17.7 Å². The van der Waals surface area contributed by atoms with Crippen LogP contribution in [-0.2, 0) is 0 Å². The molecule has 4 heteroatoms. The summed E-state index contributed by atoms with van der Waals surface area (Å²) in [4.78, 5) is 0. The molecule has 0 unspecified atom stereocenters. The average molecular weight is 252 g/mol. The third-order valence-corrected chi connectivity index (χ3v) is 2.53. The van der Waals surface area contributed by atoms with Gasteiger partial charge < -0.3 is 0 Å². The van der Waals surface area contributed by atoms with Crippen LogP contribution in [0.1, 0.15) is 6.92 Å². The van der Waals surface area contributed by atoms with E-state index in [1.54, 1.807) is 0 Å². The normalized spacial score (nSPS) is 11.2. The van der Waals surface area contributed by atoms with Gasteiger partial charge in [-0.2, -0.15) is 5.10 Å². The molecule has 0 bridgehead atoms. The second kappa shape index (κ2) is 7.06. The Kier molecular flexibility index (Phi) is 4.81. The zero-order valence-electron chi connectivity index (χ0n) is 10.8. The summed E-state index contributed by atoms with van der Waals surface area (Å²) in [5, 5.41) is 14.1. The summed E-state index contributed by atoms with van der Waals surface area (Å²) < 4.78 is 0. The summed E-state index contributed by atoms with van der Waals surface area (Å²) in [6, 6.07) is 19.6. The minimum absolute atomic E-state index is 0.779. The van der Waals surface area contributed by atoms with E-state index in [1.807, 2.05) is 72.6 Å². The molecule has 4 nitrogen and oxygen atoms in total. The molecule has 0 aliphatic carbocycles. The number of rotatable bonds is 5. The second-order valence-electron chi connectivity index (χ2n) is 3.83. The lowest BCUT2D eigenvalue weighted by atomic mass is 10.3. The maximum Gasteiger partial charge on any atom is 0.158 e. The number of nitrogens with zero attached hydrogens (tertiary/aromatic N) is 4. The van der Waals surface area contributed by atoms with E-state index in [-0.39, 0.29) is 0 Å². The number of benzene rings is 2. The van der Waals surface area contributed by atoms with Crippen molar-refractivity contribution in [3.63, 3.8) is 0 Å². The van der Waals surface area contributed by atoms with Crippen LogP contribution in [0.3, 0.4) is 0 Å². The third kappa shape index (κ3) is 4.03. The van der Waals surface area contributed by atoms with Gasteiger partial charge in [-0.05, 0) is 31.2 Å². The van der Waals surface area contributed by atoms with Gasteiger partial charge in [0.05, 0.1) is 11.4 Å². The summed E-state index contributed by atoms with van der Waals surface area (Å²) in [6.45, 7) is 2.82. The molecule has 0 saturated heterocycles. The lowest BCUT2D eigenvalue weighted by Crippen LogP contribution is -2.14. The van der Waals surface area contributed by atoms with Crippen molar-refractivity contribution in [2.24, 2.45) is 15.3 Å². The Labute approximate surface area is 113 Å². The topological polar surface area (TPSA) is 40.3 Å². The largest absolute Gasteiger partial charge is 0.264 e. The zero-order valence-corrected chi connectivity index (χ0v) is 10.8. The fraction of sp³-hybridized carbons (Fsp3) is 0.133. The number of azo groups is 1. The van der Waals surface area contributed by atoms with Crippen molar-refractivity contribution in [2.75, 3.05) is 11.6 Å². The highest BCUT2D eigenvalue weighted by Crippen LogP contribution is 2.13. The highest BCUT2D eigenvalue weighted by molar-refractivity contribution is 5.58. The van der Waals surface area contributed by atoms with E-state index in [0.29, 0.717) is 0 Å². The van der Waals surface area contributed by atoms with Gasteiger partial charge in [-0.25, -0.2) is 0 Å². The van der Waals surface area contributed by atoms with E-state index in [4.69, 9.17) is 0 Å². The van der Waals surface area contributed by atoms with Gasteiger partial charge in [-0.1, -0.05) is 36.4 Å². The van der Waals surface area contributed by atoms with Crippen LogP contribution < -0.4 is 5.01 Å². The van der Waals surface area contributed by atoms with Crippen LogP contribution in [0.15, 0.2) is 76.0 Å². The fourth-order valence-corrected chi connectivity index (χ4v) is 1.60. The molecular weight excluding hydrogens is 236 g/mol. The van der Waals surface area contributed by atoms with Crippen molar-refractivity contribution in [3.8, 4) is 0 Å². The molecule has 0 heterocycles. The number of anilines is 1. The molecule has 0 aromatic heterocycles. The van der Waals surface area contributed by atoms with Crippen LogP contribution in [0.25, 0.3) is 0 Å². The van der Waals surface area contributed by atoms with Crippen LogP contribution >= 0.6 is 0 Å². The first-order valence-electron chi connectivity index (χ1n) is 6.21. The van der Waals surface area contributed by atoms with Crippen LogP contribution in [0.2, 0.25) is 0 Å². The minimum atomic E-state index is 0.779. The highest BCUT2D eigenvalue weighted by atomic mass is 15.5. The van der Waals surface area contributed by atoms with Gasteiger partial charge >= 0.3 is 0 Å². The summed E-state index contributed by atoms with van der Waals surface area (Å²) in [5.41, 5.74) is 1.85. The Morgan fingerprint density at radius 3 is 2.21 bits per heavy atom. The van der Waals surface area contributed by atoms with Crippen molar-refractivity contribution in [1.82, 2.24) is 0 Å². The summed E-state index contributed by atoms with van der Waals surface area (Å²) >= 11 is 0. The Balaban J connectivity index is 1.99. The molecule has 0 radical (unpaired) electrons. The summed E-state index contributed by atoms with van der Waals surface area (Å²) in [7, 11) is 0. The lowest BCUT2D eigenvalue weighted by Gasteiger charge is -2.15. The van der Waals surface area contributed by atoms with Gasteiger partial charge in [0.1, 0.15) is 0 Å². The molecule has 0 N–H and O–H groups in total. The predicted octanol–water partition coefficient (Wildman–Crippen LogP) is 4.24. The Bertz CT molecular complexity index is 535. The Morgan fingerprint density at radius 1 is 0.947 bits per heavy atom. The van der Waals surface area contributed by atoms with Crippen molar-refractivity contribution in [2.45, 2.75) is 6.92 Å². The van der Waals surface area contributed by atoms with Crippen LogP contribution in [0, 0.1) is 0 Å². The molecule has 0 saturated carbocycles. The van der Waals surface area contributed by atoms with Crippen LogP contribution in [0.4, 0.5) is 11.4 Å². The van der Waals surface area contributed by atoms with E-state index >= 15 is 0 Å². The number of para-hydroxylation sites is 1. The third-order valence-electron chi connectivity index (χ3n) is 2.53. The Morgan fingerprint density at radius 2 is 1.58 bits per heavy atom. The van der Waals surface area contributed by atoms with Crippen molar-refractivity contribution < 1.29 is 0 Å². The van der Waals surface area contributed by atoms with E-state index in [9.17, 15) is 0 Å². The summed E-state index contributed by atoms with van der Waals surface area (Å²) in [6.07, 6.45) is 1.46. The molecule has 0 amide bonds. The quantitative estimate of drug-likeness (QED) is 0.339. The average Bonchev–Trinajstić information content (AvgIpc) is 2.49. The molecular formula is C15H16N4. The first-order valence-corrected chi connectivity index (χ1v) is 6.21. The molecule has 0 spiro atoms. The molecule has 96 valence electrons. The van der Waals surface area contributed by atoms with Gasteiger partial charge in [-0.15, -0.1) is 10.2 Å². The molecule has 19 heavy (non-hydrogen) atoms. The minimum Gasteiger partial charge on any atom is -0.264 e. The fourth-order valence-electron chi connectivity index (χ4n) is 1.60. The van der Waals surface area contributed by atoms with Gasteiger partial charge in [-0.3, -0.25) is 5.01 Å². The van der Waals surface area contributed by atoms with E-state index in [0.717, 1.165) is 17.9 Å². The van der Waals surface area contributed by atoms with Crippen molar-refractivity contribution in [3.05, 3.63) is 60.7 Å². The summed E-state index contributed by atoms with van der Waals surface area (Å²) in [5.74, 6) is 0. The molecule has 0 fully saturated rings. The SMILES string of the molecule is CCN(N=CN=Nc1ccccc1)c1ccccc1. The first kappa shape index (κ1) is 13.0. The van der Waals surface area contributed by atoms with E-state index in [2.05, 4.69) is 15.3 Å². The van der Waals surface area contributed by atoms with E-state index in [1.165, 1.54) is 6.34 Å². The number of hydrogen-bond acceptors (Lipinski definition) is 3. The van der Waals surface area contributed by atoms with Crippen LogP contribution in [-0.4, -0.2) is 12.9 Å². The molecule has 2 rings (SSSR count). The molecule has 2 aromatic carbocycles. The number of hydrazone groups is 1. The monoisotopic (exact) mass is 252 g/mol. The number of hydrogen-bond donors (Lipinski definition) is 0. The van der Waals surface area contributed by atoms with E-state index < -0.39 is 0 Å². The second-order valence-corrected chi connectivity index (χ2v) is 3.83. The van der Waals surface area contributed by atoms with Gasteiger partial charge in [0.25, 0.3) is 0 Å². The Hall–Kier alpha value is -2.49. The zero-order chi connectivity index (χ0) is 13.3. The molecule has 0 aliphatic heterocycles. The van der Waals surface area contributed by atoms with Gasteiger partial charge in [0.15, 0.2) is 6.34 Å². The smallest absolute Gasteiger partial charge is 0.158 e. The van der Waals surface area contributed by atoms with Crippen LogP contribution in [0.5, 0.6) is 0 Å². The molecule has 0 atom stereocenters. The standard InChI is InChI=1S/C15H16N4/c1-2-19(15-11-7-4-8-12-15)17-13-16-18-14-9-5-3-6-10-14/h3-13H,2H2,1H3. The lowest BCUT2D eigenvalue weighted by molar-refractivity contribution is 0.894. The van der Waals surface area contributed by atoms with Crippen molar-refractivity contribution in [1.29, 1.82) is 0 Å². The maximum atomic E-state index is 4.28. The first-order chi connectivity index (χ1) is 9.40.